The molecule has 4 aromatic heterocycles. The van der Waals surface area contributed by atoms with Crippen LogP contribution in [0.3, 0.4) is 0 Å². The molecule has 4 heteroatoms. The van der Waals surface area contributed by atoms with Gasteiger partial charge in [0.25, 0.3) is 0 Å². The first-order valence-electron chi connectivity index (χ1n) is 19.8. The molecule has 0 saturated heterocycles. The van der Waals surface area contributed by atoms with E-state index in [2.05, 4.69) is 174 Å². The number of pyridine rings is 3. The first kappa shape index (κ1) is 33.9. The van der Waals surface area contributed by atoms with Crippen LogP contribution in [0.4, 0.5) is 0 Å². The zero-order valence-corrected chi connectivity index (χ0v) is 32.3. The van der Waals surface area contributed by atoms with Crippen LogP contribution in [-0.4, -0.2) is 19.5 Å². The molecule has 0 radical (unpaired) electrons. The minimum absolute atomic E-state index is 0.159. The lowest BCUT2D eigenvalue weighted by atomic mass is 9.80. The second-order valence-electron chi connectivity index (χ2n) is 15.7. The molecule has 0 saturated carbocycles. The van der Waals surface area contributed by atoms with Crippen molar-refractivity contribution < 1.29 is 0 Å². The van der Waals surface area contributed by atoms with Gasteiger partial charge in [-0.2, -0.15) is 0 Å². The molecular weight excluding hydrogens is 705 g/mol. The number of para-hydroxylation sites is 2. The molecule has 1 aliphatic rings. The van der Waals surface area contributed by atoms with Crippen LogP contribution in [0.5, 0.6) is 0 Å². The zero-order valence-electron chi connectivity index (χ0n) is 32.3. The van der Waals surface area contributed by atoms with E-state index in [1.165, 1.54) is 72.0 Å². The van der Waals surface area contributed by atoms with Crippen molar-refractivity contribution in [2.75, 3.05) is 0 Å². The Labute approximate surface area is 337 Å². The molecule has 0 spiro atoms. The lowest BCUT2D eigenvalue weighted by molar-refractivity contribution is 0.661. The van der Waals surface area contributed by atoms with Crippen LogP contribution in [0.25, 0.3) is 94.5 Å². The highest BCUT2D eigenvalue weighted by atomic mass is 15.0. The van der Waals surface area contributed by atoms with Crippen LogP contribution in [0.15, 0.2) is 195 Å². The fourth-order valence-corrected chi connectivity index (χ4v) is 9.00. The van der Waals surface area contributed by atoms with Gasteiger partial charge in [0, 0.05) is 57.8 Å². The standard InChI is InChI=1S/C54H38N4/c1-54(2)48-31-40(35-12-14-36(15-13-35)42-33-50(37-22-26-55-27-23-37)57-51(34-42)38-24-28-56-29-25-38)16-19-44(48)45-20-17-41(32-49(45)54)39-18-21-53-47(30-39)46-10-6-7-11-52(46)58(53)43-8-4-3-5-9-43/h3-34H,1-2H3. The van der Waals surface area contributed by atoms with Gasteiger partial charge in [-0.05, 0) is 134 Å². The SMILES string of the molecule is CC1(C)c2cc(-c3ccc(-c4cc(-c5ccncc5)nc(-c5ccncc5)c4)cc3)ccc2-c2ccc(-c3ccc4c(c3)c3ccccc3n4-c3ccccc3)cc21. The molecular formula is C54H38N4. The van der Waals surface area contributed by atoms with E-state index in [1.807, 2.05) is 49.1 Å². The maximum absolute atomic E-state index is 5.03. The number of hydrogen-bond donors (Lipinski definition) is 0. The fraction of sp³-hybridized carbons (Fsp3) is 0.0556. The number of rotatable bonds is 6. The molecule has 0 aliphatic heterocycles. The summed E-state index contributed by atoms with van der Waals surface area (Å²) in [5, 5.41) is 2.53. The largest absolute Gasteiger partial charge is 0.309 e. The van der Waals surface area contributed by atoms with E-state index in [0.29, 0.717) is 0 Å². The van der Waals surface area contributed by atoms with Gasteiger partial charge in [0.15, 0.2) is 0 Å². The minimum Gasteiger partial charge on any atom is -0.309 e. The second-order valence-corrected chi connectivity index (χ2v) is 15.7. The van der Waals surface area contributed by atoms with Gasteiger partial charge in [0.05, 0.1) is 22.4 Å². The summed E-state index contributed by atoms with van der Waals surface area (Å²) in [7, 11) is 0. The maximum Gasteiger partial charge on any atom is 0.0716 e. The van der Waals surface area contributed by atoms with E-state index in [4.69, 9.17) is 4.98 Å². The Hall–Kier alpha value is -7.43. The summed E-state index contributed by atoms with van der Waals surface area (Å²) in [5.74, 6) is 0. The van der Waals surface area contributed by atoms with Crippen molar-refractivity contribution in [1.29, 1.82) is 0 Å². The molecule has 274 valence electrons. The third kappa shape index (κ3) is 5.56. The third-order valence-corrected chi connectivity index (χ3v) is 12.0. The van der Waals surface area contributed by atoms with E-state index in [0.717, 1.165) is 33.6 Å². The van der Waals surface area contributed by atoms with Gasteiger partial charge in [-0.1, -0.05) is 105 Å². The van der Waals surface area contributed by atoms with Crippen LogP contribution >= 0.6 is 0 Å². The summed E-state index contributed by atoms with van der Waals surface area (Å²) in [4.78, 5) is 13.5. The average molecular weight is 743 g/mol. The number of nitrogens with zero attached hydrogens (tertiary/aromatic N) is 4. The molecule has 11 rings (SSSR count). The van der Waals surface area contributed by atoms with Crippen LogP contribution in [0.2, 0.25) is 0 Å². The molecule has 0 fully saturated rings. The fourth-order valence-electron chi connectivity index (χ4n) is 9.00. The number of fused-ring (bicyclic) bond motifs is 6. The Balaban J connectivity index is 0.925. The Morgan fingerprint density at radius 1 is 0.379 bits per heavy atom. The predicted molar refractivity (Wildman–Crippen MR) is 239 cm³/mol. The van der Waals surface area contributed by atoms with Gasteiger partial charge in [0.2, 0.25) is 0 Å². The summed E-state index contributed by atoms with van der Waals surface area (Å²) >= 11 is 0. The van der Waals surface area contributed by atoms with Gasteiger partial charge in [-0.25, -0.2) is 4.98 Å². The highest BCUT2D eigenvalue weighted by molar-refractivity contribution is 6.10. The molecule has 6 aromatic carbocycles. The highest BCUT2D eigenvalue weighted by Gasteiger charge is 2.36. The third-order valence-electron chi connectivity index (χ3n) is 12.0. The van der Waals surface area contributed by atoms with Crippen molar-refractivity contribution in [2.24, 2.45) is 0 Å². The zero-order chi connectivity index (χ0) is 38.8. The first-order chi connectivity index (χ1) is 28.5. The van der Waals surface area contributed by atoms with E-state index in [-0.39, 0.29) is 5.41 Å². The molecule has 4 heterocycles. The Bertz CT molecular complexity index is 3110. The number of aromatic nitrogens is 4. The Morgan fingerprint density at radius 3 is 1.48 bits per heavy atom. The molecule has 4 nitrogen and oxygen atoms in total. The minimum atomic E-state index is -0.159. The van der Waals surface area contributed by atoms with Crippen LogP contribution < -0.4 is 0 Å². The van der Waals surface area contributed by atoms with Crippen molar-refractivity contribution in [1.82, 2.24) is 19.5 Å². The molecule has 0 bridgehead atoms. The summed E-state index contributed by atoms with van der Waals surface area (Å²) < 4.78 is 2.38. The molecule has 0 amide bonds. The monoisotopic (exact) mass is 742 g/mol. The summed E-state index contributed by atoms with van der Waals surface area (Å²) in [6.07, 6.45) is 7.25. The quantitative estimate of drug-likeness (QED) is 0.170. The number of benzene rings is 6. The van der Waals surface area contributed by atoms with E-state index >= 15 is 0 Å². The van der Waals surface area contributed by atoms with Crippen molar-refractivity contribution in [3.8, 4) is 72.7 Å². The van der Waals surface area contributed by atoms with Gasteiger partial charge in [-0.3, -0.25) is 9.97 Å². The number of hydrogen-bond acceptors (Lipinski definition) is 3. The summed E-state index contributed by atoms with van der Waals surface area (Å²) in [6.45, 7) is 4.74. The van der Waals surface area contributed by atoms with Gasteiger partial charge in [-0.15, -0.1) is 0 Å². The highest BCUT2D eigenvalue weighted by Crippen LogP contribution is 2.51. The second kappa shape index (κ2) is 13.4. The van der Waals surface area contributed by atoms with E-state index in [9.17, 15) is 0 Å². The van der Waals surface area contributed by atoms with Crippen LogP contribution in [-0.2, 0) is 5.41 Å². The lowest BCUT2D eigenvalue weighted by Gasteiger charge is -2.22. The molecule has 1 aliphatic carbocycles. The molecule has 58 heavy (non-hydrogen) atoms. The normalized spacial score (nSPS) is 12.8. The van der Waals surface area contributed by atoms with Gasteiger partial charge < -0.3 is 4.57 Å². The Kier molecular flexibility index (Phi) is 7.80. The van der Waals surface area contributed by atoms with Crippen LogP contribution in [0.1, 0.15) is 25.0 Å². The van der Waals surface area contributed by atoms with Crippen LogP contribution in [0, 0.1) is 0 Å². The molecule has 0 atom stereocenters. The van der Waals surface area contributed by atoms with Gasteiger partial charge >= 0.3 is 0 Å². The lowest BCUT2D eigenvalue weighted by Crippen LogP contribution is -2.15. The first-order valence-corrected chi connectivity index (χ1v) is 19.8. The maximum atomic E-state index is 5.03. The Morgan fingerprint density at radius 2 is 0.862 bits per heavy atom. The average Bonchev–Trinajstić information content (AvgIpc) is 3.74. The van der Waals surface area contributed by atoms with Crippen molar-refractivity contribution in [3.63, 3.8) is 0 Å². The molecule has 0 N–H and O–H groups in total. The van der Waals surface area contributed by atoms with Crippen molar-refractivity contribution >= 4 is 21.8 Å². The van der Waals surface area contributed by atoms with Crippen molar-refractivity contribution in [2.45, 2.75) is 19.3 Å². The van der Waals surface area contributed by atoms with Crippen molar-refractivity contribution in [3.05, 3.63) is 206 Å². The summed E-state index contributed by atoms with van der Waals surface area (Å²) in [6, 6.07) is 61.7. The predicted octanol–water partition coefficient (Wildman–Crippen LogP) is 13.6. The van der Waals surface area contributed by atoms with Gasteiger partial charge in [0.1, 0.15) is 0 Å². The topological polar surface area (TPSA) is 43.6 Å². The summed E-state index contributed by atoms with van der Waals surface area (Å²) in [5.41, 5.74) is 19.9. The molecule has 0 unspecified atom stereocenters. The van der Waals surface area contributed by atoms with E-state index < -0.39 is 0 Å². The molecule has 10 aromatic rings. The smallest absolute Gasteiger partial charge is 0.0716 e. The van der Waals surface area contributed by atoms with E-state index in [1.54, 1.807) is 0 Å².